The van der Waals surface area contributed by atoms with Crippen LogP contribution in [0.2, 0.25) is 0 Å². The van der Waals surface area contributed by atoms with Gasteiger partial charge in [-0.05, 0) is 54.7 Å². The van der Waals surface area contributed by atoms with Gasteiger partial charge in [0.15, 0.2) is 0 Å². The van der Waals surface area contributed by atoms with Gasteiger partial charge in [-0.1, -0.05) is 84.9 Å². The third-order valence-electron chi connectivity index (χ3n) is 5.76. The minimum Gasteiger partial charge on any atom is -0.398 e. The van der Waals surface area contributed by atoms with Crippen molar-refractivity contribution in [1.29, 1.82) is 0 Å². The Morgan fingerprint density at radius 1 is 0.407 bits per heavy atom. The maximum atomic E-state index is 6.37. The second-order valence-corrected chi connectivity index (χ2v) is 7.19. The van der Waals surface area contributed by atoms with Crippen LogP contribution in [0, 0.1) is 0 Å². The van der Waals surface area contributed by atoms with E-state index in [4.69, 9.17) is 5.73 Å². The SMILES string of the molecule is Nc1ccccc1-c1ccc2ccc3cccc4c5ccccc5c1c2c34. The molecule has 0 heterocycles. The van der Waals surface area contributed by atoms with Crippen LogP contribution in [-0.2, 0) is 0 Å². The summed E-state index contributed by atoms with van der Waals surface area (Å²) in [5.41, 5.74) is 9.49. The summed E-state index contributed by atoms with van der Waals surface area (Å²) in [4.78, 5) is 0. The predicted molar refractivity (Wildman–Crippen MR) is 118 cm³/mol. The van der Waals surface area contributed by atoms with Gasteiger partial charge in [-0.2, -0.15) is 0 Å². The molecule has 0 unspecified atom stereocenters. The lowest BCUT2D eigenvalue weighted by Crippen LogP contribution is -1.93. The number of para-hydroxylation sites is 1. The zero-order valence-electron chi connectivity index (χ0n) is 14.7. The molecule has 6 aromatic rings. The van der Waals surface area contributed by atoms with Crippen LogP contribution in [0.3, 0.4) is 0 Å². The van der Waals surface area contributed by atoms with Gasteiger partial charge in [0.1, 0.15) is 0 Å². The van der Waals surface area contributed by atoms with E-state index in [1.54, 1.807) is 0 Å². The monoisotopic (exact) mass is 343 g/mol. The lowest BCUT2D eigenvalue weighted by molar-refractivity contribution is 1.65. The highest BCUT2D eigenvalue weighted by atomic mass is 14.6. The molecule has 0 bridgehead atoms. The maximum Gasteiger partial charge on any atom is 0.0393 e. The van der Waals surface area contributed by atoms with E-state index < -0.39 is 0 Å². The summed E-state index contributed by atoms with van der Waals surface area (Å²) >= 11 is 0. The molecule has 6 aromatic carbocycles. The molecule has 2 N–H and O–H groups in total. The molecule has 0 aromatic heterocycles. The van der Waals surface area contributed by atoms with Gasteiger partial charge in [0, 0.05) is 11.3 Å². The normalized spacial score (nSPS) is 11.9. The lowest BCUT2D eigenvalue weighted by Gasteiger charge is -2.18. The fourth-order valence-corrected chi connectivity index (χ4v) is 4.60. The molecule has 0 amide bonds. The second-order valence-electron chi connectivity index (χ2n) is 7.19. The van der Waals surface area contributed by atoms with Crippen LogP contribution in [0.15, 0.2) is 91.0 Å². The van der Waals surface area contributed by atoms with Gasteiger partial charge in [0.2, 0.25) is 0 Å². The zero-order valence-corrected chi connectivity index (χ0v) is 14.7. The highest BCUT2D eigenvalue weighted by Gasteiger charge is 2.17. The van der Waals surface area contributed by atoms with Crippen molar-refractivity contribution in [2.75, 3.05) is 5.73 Å². The molecule has 0 saturated heterocycles. The Balaban J connectivity index is 1.98. The first-order valence-corrected chi connectivity index (χ1v) is 9.26. The highest BCUT2D eigenvalue weighted by molar-refractivity contribution is 6.36. The molecular weight excluding hydrogens is 326 g/mol. The molecule has 0 aliphatic heterocycles. The molecule has 0 aliphatic rings. The zero-order chi connectivity index (χ0) is 18.0. The van der Waals surface area contributed by atoms with Crippen molar-refractivity contribution in [3.05, 3.63) is 91.0 Å². The third-order valence-corrected chi connectivity index (χ3v) is 5.76. The average molecular weight is 343 g/mol. The number of nitrogen functional groups attached to an aromatic ring is 1. The summed E-state index contributed by atoms with van der Waals surface area (Å²) in [6.07, 6.45) is 0. The molecular formula is C26H17N. The van der Waals surface area contributed by atoms with Crippen LogP contribution in [0.25, 0.3) is 54.2 Å². The summed E-state index contributed by atoms with van der Waals surface area (Å²) < 4.78 is 0. The van der Waals surface area contributed by atoms with Crippen molar-refractivity contribution in [3.63, 3.8) is 0 Å². The molecule has 1 nitrogen and oxygen atoms in total. The molecule has 0 spiro atoms. The third kappa shape index (κ3) is 1.89. The van der Waals surface area contributed by atoms with Crippen LogP contribution < -0.4 is 5.73 Å². The van der Waals surface area contributed by atoms with Gasteiger partial charge in [-0.3, -0.25) is 0 Å². The number of nitrogens with two attached hydrogens (primary N) is 1. The number of fused-ring (bicyclic) bond motifs is 3. The highest BCUT2D eigenvalue weighted by Crippen LogP contribution is 2.45. The maximum absolute atomic E-state index is 6.37. The number of benzene rings is 6. The van der Waals surface area contributed by atoms with Crippen molar-refractivity contribution in [3.8, 4) is 11.1 Å². The van der Waals surface area contributed by atoms with Gasteiger partial charge in [0.05, 0.1) is 0 Å². The Hall–Kier alpha value is -3.58. The Morgan fingerprint density at radius 3 is 1.89 bits per heavy atom. The lowest BCUT2D eigenvalue weighted by atomic mass is 9.85. The number of anilines is 1. The summed E-state index contributed by atoms with van der Waals surface area (Å²) in [6, 6.07) is 32.4. The van der Waals surface area contributed by atoms with Crippen LogP contribution >= 0.6 is 0 Å². The summed E-state index contributed by atoms with van der Waals surface area (Å²) in [6.45, 7) is 0. The number of rotatable bonds is 1. The summed E-state index contributed by atoms with van der Waals surface area (Å²) in [7, 11) is 0. The van der Waals surface area contributed by atoms with E-state index in [2.05, 4.69) is 78.9 Å². The molecule has 126 valence electrons. The Labute approximate surface area is 157 Å². The van der Waals surface area contributed by atoms with Crippen LogP contribution in [0.5, 0.6) is 0 Å². The summed E-state index contributed by atoms with van der Waals surface area (Å²) in [5, 5.41) is 10.4. The average Bonchev–Trinajstić information content (AvgIpc) is 2.73. The first-order chi connectivity index (χ1) is 13.3. The Kier molecular flexibility index (Phi) is 2.81. The number of hydrogen-bond acceptors (Lipinski definition) is 1. The minimum absolute atomic E-state index is 0.816. The van der Waals surface area contributed by atoms with Crippen molar-refractivity contribution >= 4 is 48.8 Å². The molecule has 0 atom stereocenters. The topological polar surface area (TPSA) is 26.0 Å². The first kappa shape index (κ1) is 14.6. The largest absolute Gasteiger partial charge is 0.398 e. The number of hydrogen-bond donors (Lipinski definition) is 1. The quantitative estimate of drug-likeness (QED) is 0.194. The van der Waals surface area contributed by atoms with E-state index >= 15 is 0 Å². The van der Waals surface area contributed by atoms with Crippen molar-refractivity contribution < 1.29 is 0 Å². The van der Waals surface area contributed by atoms with Gasteiger partial charge in [-0.25, -0.2) is 0 Å². The van der Waals surface area contributed by atoms with Crippen LogP contribution in [0.4, 0.5) is 5.69 Å². The molecule has 27 heavy (non-hydrogen) atoms. The molecule has 0 radical (unpaired) electrons. The van der Waals surface area contributed by atoms with E-state index in [0.717, 1.165) is 11.3 Å². The predicted octanol–water partition coefficient (Wildman–Crippen LogP) is 6.99. The van der Waals surface area contributed by atoms with Crippen LogP contribution in [-0.4, -0.2) is 0 Å². The molecule has 6 rings (SSSR count). The van der Waals surface area contributed by atoms with Gasteiger partial charge in [-0.15, -0.1) is 0 Å². The fourth-order valence-electron chi connectivity index (χ4n) is 4.60. The molecule has 0 aliphatic carbocycles. The van der Waals surface area contributed by atoms with E-state index in [-0.39, 0.29) is 0 Å². The smallest absolute Gasteiger partial charge is 0.0393 e. The molecule has 0 fully saturated rings. The van der Waals surface area contributed by atoms with Crippen molar-refractivity contribution in [2.45, 2.75) is 0 Å². The van der Waals surface area contributed by atoms with E-state index in [1.165, 1.54) is 48.7 Å². The Bertz CT molecular complexity index is 1480. The van der Waals surface area contributed by atoms with E-state index in [1.807, 2.05) is 12.1 Å². The molecule has 0 saturated carbocycles. The minimum atomic E-state index is 0.816. The first-order valence-electron chi connectivity index (χ1n) is 9.26. The fraction of sp³-hybridized carbons (Fsp3) is 0. The van der Waals surface area contributed by atoms with Gasteiger partial charge >= 0.3 is 0 Å². The molecule has 1 heteroatoms. The van der Waals surface area contributed by atoms with Crippen molar-refractivity contribution in [2.24, 2.45) is 0 Å². The van der Waals surface area contributed by atoms with E-state index in [9.17, 15) is 0 Å². The standard InChI is InChI=1S/C26H17N/c27-23-11-4-3-8-19(23)22-15-14-17-13-12-16-6-5-10-20-18-7-1-2-9-21(18)26(22)25(17)24(16)20/h1-15H,27H2. The summed E-state index contributed by atoms with van der Waals surface area (Å²) in [5.74, 6) is 0. The van der Waals surface area contributed by atoms with Gasteiger partial charge in [0.25, 0.3) is 0 Å². The van der Waals surface area contributed by atoms with Gasteiger partial charge < -0.3 is 5.73 Å². The van der Waals surface area contributed by atoms with Crippen LogP contribution in [0.1, 0.15) is 0 Å². The second kappa shape index (κ2) is 5.21. The van der Waals surface area contributed by atoms with Crippen molar-refractivity contribution in [1.82, 2.24) is 0 Å². The van der Waals surface area contributed by atoms with E-state index in [0.29, 0.717) is 0 Å². The Morgan fingerprint density at radius 2 is 1.04 bits per heavy atom.